The van der Waals surface area contributed by atoms with Crippen LogP contribution in [0.5, 0.6) is 0 Å². The Morgan fingerprint density at radius 1 is 1.29 bits per heavy atom. The fraction of sp³-hybridized carbons (Fsp3) is 0.450. The molecule has 2 N–H and O–H groups in total. The minimum atomic E-state index is -0.569. The maximum absolute atomic E-state index is 12.6. The van der Waals surface area contributed by atoms with E-state index in [2.05, 4.69) is 16.8 Å². The van der Waals surface area contributed by atoms with Crippen molar-refractivity contribution in [1.82, 2.24) is 9.88 Å². The van der Waals surface area contributed by atoms with Crippen molar-refractivity contribution in [1.29, 1.82) is 0 Å². The van der Waals surface area contributed by atoms with Crippen LogP contribution in [-0.4, -0.2) is 21.6 Å². The van der Waals surface area contributed by atoms with Crippen LogP contribution in [0.2, 0.25) is 0 Å². The molecule has 0 saturated heterocycles. The van der Waals surface area contributed by atoms with Gasteiger partial charge in [-0.1, -0.05) is 30.3 Å². The summed E-state index contributed by atoms with van der Waals surface area (Å²) in [4.78, 5) is 12.6. The van der Waals surface area contributed by atoms with E-state index in [1.54, 1.807) is 0 Å². The summed E-state index contributed by atoms with van der Waals surface area (Å²) in [5.74, 6) is -0.0530. The summed E-state index contributed by atoms with van der Waals surface area (Å²) in [6.07, 6.45) is 2.34. The highest BCUT2D eigenvalue weighted by Crippen LogP contribution is 2.38. The molecule has 128 valence electrons. The third-order valence-electron chi connectivity index (χ3n) is 4.78. The van der Waals surface area contributed by atoms with Crippen molar-refractivity contribution in [3.8, 4) is 0 Å². The monoisotopic (exact) mass is 326 g/mol. The molecule has 1 fully saturated rings. The van der Waals surface area contributed by atoms with E-state index in [0.717, 1.165) is 22.5 Å². The molecule has 1 heterocycles. The highest BCUT2D eigenvalue weighted by atomic mass is 16.3. The highest BCUT2D eigenvalue weighted by Gasteiger charge is 2.28. The molecule has 1 aromatic carbocycles. The number of hydrogen-bond acceptors (Lipinski definition) is 2. The summed E-state index contributed by atoms with van der Waals surface area (Å²) in [7, 11) is 0. The molecule has 3 rings (SSSR count). The molecule has 24 heavy (non-hydrogen) atoms. The molecule has 1 aliphatic rings. The molecule has 0 spiro atoms. The van der Waals surface area contributed by atoms with Crippen LogP contribution in [0, 0.1) is 13.8 Å². The summed E-state index contributed by atoms with van der Waals surface area (Å²) in [5.41, 5.74) is 3.83. The van der Waals surface area contributed by atoms with Gasteiger partial charge in [0.15, 0.2) is 0 Å². The van der Waals surface area contributed by atoms with Crippen LogP contribution in [-0.2, 0) is 0 Å². The molecule has 2 atom stereocenters. The zero-order valence-electron chi connectivity index (χ0n) is 14.6. The molecule has 1 amide bonds. The molecule has 0 aliphatic heterocycles. The second kappa shape index (κ2) is 6.81. The first kappa shape index (κ1) is 16.8. The van der Waals surface area contributed by atoms with Gasteiger partial charge in [-0.25, -0.2) is 0 Å². The number of nitrogens with one attached hydrogen (secondary N) is 1. The zero-order chi connectivity index (χ0) is 17.3. The number of aromatic nitrogens is 1. The second-order valence-electron chi connectivity index (χ2n) is 6.92. The van der Waals surface area contributed by atoms with Crippen molar-refractivity contribution in [2.45, 2.75) is 58.2 Å². The molecule has 1 aliphatic carbocycles. The smallest absolute Gasteiger partial charge is 0.253 e. The topological polar surface area (TPSA) is 54.3 Å². The summed E-state index contributed by atoms with van der Waals surface area (Å²) in [5, 5.41) is 13.3. The average Bonchev–Trinajstić information content (AvgIpc) is 3.33. The number of aliphatic hydroxyl groups excluding tert-OH is 1. The van der Waals surface area contributed by atoms with Crippen LogP contribution in [0.1, 0.15) is 65.6 Å². The van der Waals surface area contributed by atoms with Gasteiger partial charge in [0.2, 0.25) is 0 Å². The minimum Gasteiger partial charge on any atom is -0.388 e. The summed E-state index contributed by atoms with van der Waals surface area (Å²) >= 11 is 0. The minimum absolute atomic E-state index is 0.0530. The molecule has 2 unspecified atom stereocenters. The van der Waals surface area contributed by atoms with Crippen molar-refractivity contribution in [2.24, 2.45) is 0 Å². The number of rotatable bonds is 6. The van der Waals surface area contributed by atoms with Gasteiger partial charge < -0.3 is 15.0 Å². The number of benzene rings is 1. The number of hydrogen-bond donors (Lipinski definition) is 2. The van der Waals surface area contributed by atoms with Crippen molar-refractivity contribution in [3.05, 3.63) is 58.9 Å². The van der Waals surface area contributed by atoms with Crippen molar-refractivity contribution < 1.29 is 9.90 Å². The highest BCUT2D eigenvalue weighted by molar-refractivity contribution is 5.95. The first-order chi connectivity index (χ1) is 11.5. The second-order valence-corrected chi connectivity index (χ2v) is 6.92. The zero-order valence-corrected chi connectivity index (χ0v) is 14.6. The van der Waals surface area contributed by atoms with Crippen LogP contribution in [0.25, 0.3) is 0 Å². The van der Waals surface area contributed by atoms with Crippen LogP contribution in [0.4, 0.5) is 0 Å². The van der Waals surface area contributed by atoms with Gasteiger partial charge in [0.1, 0.15) is 0 Å². The van der Waals surface area contributed by atoms with Crippen LogP contribution < -0.4 is 5.32 Å². The van der Waals surface area contributed by atoms with Crippen LogP contribution in [0.3, 0.4) is 0 Å². The quantitative estimate of drug-likeness (QED) is 0.851. The lowest BCUT2D eigenvalue weighted by molar-refractivity contribution is 0.0916. The fourth-order valence-electron chi connectivity index (χ4n) is 3.41. The summed E-state index contributed by atoms with van der Waals surface area (Å²) < 4.78 is 2.28. The lowest BCUT2D eigenvalue weighted by Crippen LogP contribution is -2.34. The van der Waals surface area contributed by atoms with Gasteiger partial charge in [-0.15, -0.1) is 0 Å². The van der Waals surface area contributed by atoms with Crippen molar-refractivity contribution >= 4 is 5.91 Å². The molecule has 4 heteroatoms. The van der Waals surface area contributed by atoms with Gasteiger partial charge in [0, 0.05) is 23.5 Å². The Labute approximate surface area is 143 Å². The van der Waals surface area contributed by atoms with E-state index in [9.17, 15) is 9.90 Å². The maximum Gasteiger partial charge on any atom is 0.253 e. The summed E-state index contributed by atoms with van der Waals surface area (Å²) in [6, 6.07) is 12.0. The predicted molar refractivity (Wildman–Crippen MR) is 95.1 cm³/mol. The Kier molecular flexibility index (Phi) is 4.76. The fourth-order valence-corrected chi connectivity index (χ4v) is 3.41. The molecular weight excluding hydrogens is 300 g/mol. The first-order valence-corrected chi connectivity index (χ1v) is 8.69. The molecule has 0 radical (unpaired) electrons. The SMILES string of the molecule is Cc1cc(C(=O)NC(C)CC(O)c2ccccc2)c(C)n1C1CC1. The van der Waals surface area contributed by atoms with E-state index < -0.39 is 6.10 Å². The normalized spacial score (nSPS) is 16.7. The number of carbonyl (C=O) groups is 1. The Morgan fingerprint density at radius 2 is 1.96 bits per heavy atom. The third kappa shape index (κ3) is 3.54. The lowest BCUT2D eigenvalue weighted by Gasteiger charge is -2.18. The van der Waals surface area contributed by atoms with E-state index in [0.29, 0.717) is 12.5 Å². The number of carbonyl (C=O) groups excluding carboxylic acids is 1. The van der Waals surface area contributed by atoms with Gasteiger partial charge in [-0.2, -0.15) is 0 Å². The van der Waals surface area contributed by atoms with E-state index >= 15 is 0 Å². The lowest BCUT2D eigenvalue weighted by atomic mass is 10.0. The molecule has 4 nitrogen and oxygen atoms in total. The van der Waals surface area contributed by atoms with E-state index in [-0.39, 0.29) is 11.9 Å². The van der Waals surface area contributed by atoms with Gasteiger partial charge in [0.05, 0.1) is 11.7 Å². The molecule has 2 aromatic rings. The Balaban J connectivity index is 1.63. The van der Waals surface area contributed by atoms with Crippen molar-refractivity contribution in [3.63, 3.8) is 0 Å². The van der Waals surface area contributed by atoms with Crippen molar-refractivity contribution in [2.75, 3.05) is 0 Å². The largest absolute Gasteiger partial charge is 0.388 e. The molecule has 1 aromatic heterocycles. The van der Waals surface area contributed by atoms with E-state index in [1.807, 2.05) is 50.2 Å². The average molecular weight is 326 g/mol. The Bertz CT molecular complexity index is 717. The molecular formula is C20H26N2O2. The van der Waals surface area contributed by atoms with Gasteiger partial charge in [-0.3, -0.25) is 4.79 Å². The number of aliphatic hydroxyl groups is 1. The number of nitrogens with zero attached hydrogens (tertiary/aromatic N) is 1. The van der Waals surface area contributed by atoms with E-state index in [4.69, 9.17) is 0 Å². The number of aryl methyl sites for hydroxylation is 1. The predicted octanol–water partition coefficient (Wildman–Crippen LogP) is 3.68. The maximum atomic E-state index is 12.6. The first-order valence-electron chi connectivity index (χ1n) is 8.69. The summed E-state index contributed by atoms with van der Waals surface area (Å²) in [6.45, 7) is 6.01. The Hall–Kier alpha value is -2.07. The number of amides is 1. The molecule has 1 saturated carbocycles. The Morgan fingerprint density at radius 3 is 2.58 bits per heavy atom. The van der Waals surface area contributed by atoms with Gasteiger partial charge in [-0.05, 0) is 51.7 Å². The van der Waals surface area contributed by atoms with Crippen LogP contribution in [0.15, 0.2) is 36.4 Å². The van der Waals surface area contributed by atoms with Crippen LogP contribution >= 0.6 is 0 Å². The molecule has 0 bridgehead atoms. The standard InChI is InChI=1S/C20H26N2O2/c1-13(11-19(23)16-7-5-4-6-8-16)21-20(24)18-12-14(2)22(15(18)3)17-9-10-17/h4-8,12-13,17,19,23H,9-11H2,1-3H3,(H,21,24). The van der Waals surface area contributed by atoms with Gasteiger partial charge >= 0.3 is 0 Å². The third-order valence-corrected chi connectivity index (χ3v) is 4.78. The van der Waals surface area contributed by atoms with E-state index in [1.165, 1.54) is 12.8 Å². The van der Waals surface area contributed by atoms with Gasteiger partial charge in [0.25, 0.3) is 5.91 Å².